The van der Waals surface area contributed by atoms with Crippen LogP contribution in [-0.2, 0) is 11.0 Å². The number of hydrogen-bond acceptors (Lipinski definition) is 1. The lowest BCUT2D eigenvalue weighted by Gasteiger charge is -2.30. The molecule has 0 aliphatic carbocycles. The molecule has 2 atom stereocenters. The van der Waals surface area contributed by atoms with Gasteiger partial charge in [-0.2, -0.15) is 0 Å². The van der Waals surface area contributed by atoms with Crippen molar-refractivity contribution in [1.82, 2.24) is 4.72 Å². The molecule has 0 saturated heterocycles. The zero-order valence-corrected chi connectivity index (χ0v) is 14.8. The van der Waals surface area contributed by atoms with E-state index >= 15 is 0 Å². The fraction of sp³-hybridized carbons (Fsp3) is 0.765. The van der Waals surface area contributed by atoms with Crippen molar-refractivity contribution in [2.24, 2.45) is 0 Å². The summed E-state index contributed by atoms with van der Waals surface area (Å²) in [5, 5.41) is 0. The van der Waals surface area contributed by atoms with Crippen LogP contribution >= 0.6 is 0 Å². The predicted molar refractivity (Wildman–Crippen MR) is 90.8 cm³/mol. The van der Waals surface area contributed by atoms with Gasteiger partial charge in [-0.3, -0.25) is 0 Å². The maximum atomic E-state index is 12.4. The summed E-state index contributed by atoms with van der Waals surface area (Å²) in [7, 11) is -1.12. The molecule has 0 amide bonds. The molecular weight excluding hydrogens is 266 g/mol. The van der Waals surface area contributed by atoms with E-state index in [1.165, 1.54) is 0 Å². The quantitative estimate of drug-likeness (QED) is 0.549. The van der Waals surface area contributed by atoms with Gasteiger partial charge in [-0.15, -0.1) is 5.92 Å². The lowest BCUT2D eigenvalue weighted by molar-refractivity contribution is 0.519. The first-order valence-corrected chi connectivity index (χ1v) is 8.80. The number of hydrogen-bond donors (Lipinski definition) is 1. The molecule has 0 aliphatic rings. The Bertz CT molecular complexity index is 384. The van der Waals surface area contributed by atoms with Crippen molar-refractivity contribution in [2.75, 3.05) is 0 Å². The normalized spacial score (nSPS) is 16.5. The summed E-state index contributed by atoms with van der Waals surface area (Å²) in [4.78, 5) is 0. The van der Waals surface area contributed by atoms with E-state index in [0.29, 0.717) is 0 Å². The highest BCUT2D eigenvalue weighted by Gasteiger charge is 2.30. The molecule has 0 aromatic rings. The molecule has 2 nitrogen and oxygen atoms in total. The van der Waals surface area contributed by atoms with Crippen LogP contribution in [-0.4, -0.2) is 14.5 Å². The van der Waals surface area contributed by atoms with E-state index in [0.717, 1.165) is 32.1 Å². The van der Waals surface area contributed by atoms with Crippen molar-refractivity contribution in [1.29, 1.82) is 0 Å². The van der Waals surface area contributed by atoms with E-state index in [9.17, 15) is 4.21 Å². The van der Waals surface area contributed by atoms with Crippen molar-refractivity contribution in [3.8, 4) is 11.8 Å². The molecule has 0 heterocycles. The maximum absolute atomic E-state index is 12.4. The van der Waals surface area contributed by atoms with Gasteiger partial charge in [-0.1, -0.05) is 44.8 Å². The SMILES string of the molecule is C/C=C/[C@](C#CCCC)(CCCC)N[S@](=O)C(C)(C)C. The minimum absolute atomic E-state index is 0.286. The molecule has 0 rings (SSSR count). The Balaban J connectivity index is 5.29. The summed E-state index contributed by atoms with van der Waals surface area (Å²) < 4.78 is 15.4. The lowest BCUT2D eigenvalue weighted by Crippen LogP contribution is -2.48. The first-order chi connectivity index (χ1) is 9.31. The first-order valence-electron chi connectivity index (χ1n) is 7.65. The molecule has 0 radical (unpaired) electrons. The molecule has 0 unspecified atom stereocenters. The van der Waals surface area contributed by atoms with Gasteiger partial charge in [0.25, 0.3) is 0 Å². The molecule has 1 N–H and O–H groups in total. The summed E-state index contributed by atoms with van der Waals surface area (Å²) in [6.07, 6.45) is 9.08. The highest BCUT2D eigenvalue weighted by Crippen LogP contribution is 2.20. The number of nitrogens with one attached hydrogen (secondary N) is 1. The molecule has 0 aromatic carbocycles. The van der Waals surface area contributed by atoms with Crippen LogP contribution in [0, 0.1) is 11.8 Å². The third kappa shape index (κ3) is 7.26. The number of allylic oxidation sites excluding steroid dienone is 1. The summed E-state index contributed by atoms with van der Waals surface area (Å²) in [6.45, 7) is 12.2. The molecule has 0 spiro atoms. The average molecular weight is 298 g/mol. The van der Waals surface area contributed by atoms with Gasteiger partial charge in [0.15, 0.2) is 0 Å². The number of unbranched alkanes of at least 4 members (excludes halogenated alkanes) is 2. The second kappa shape index (κ2) is 9.37. The summed E-state index contributed by atoms with van der Waals surface area (Å²) in [5.74, 6) is 6.56. The van der Waals surface area contributed by atoms with Crippen molar-refractivity contribution in [2.45, 2.75) is 83.9 Å². The van der Waals surface area contributed by atoms with Crippen LogP contribution in [0.25, 0.3) is 0 Å². The van der Waals surface area contributed by atoms with E-state index in [1.807, 2.05) is 33.8 Å². The van der Waals surface area contributed by atoms with Crippen LogP contribution in [0.15, 0.2) is 12.2 Å². The van der Waals surface area contributed by atoms with E-state index in [2.05, 4.69) is 36.5 Å². The summed E-state index contributed by atoms with van der Waals surface area (Å²) in [5.41, 5.74) is -0.460. The Labute approximate surface area is 128 Å². The minimum Gasteiger partial charge on any atom is -0.242 e. The Kier molecular flexibility index (Phi) is 9.09. The smallest absolute Gasteiger partial charge is 0.110 e. The molecule has 20 heavy (non-hydrogen) atoms. The van der Waals surface area contributed by atoms with E-state index in [-0.39, 0.29) is 4.75 Å². The molecule has 3 heteroatoms. The molecule has 0 aromatic heterocycles. The van der Waals surface area contributed by atoms with Gasteiger partial charge in [0.1, 0.15) is 5.54 Å². The van der Waals surface area contributed by atoms with Crippen LogP contribution in [0.2, 0.25) is 0 Å². The molecule has 0 fully saturated rings. The van der Waals surface area contributed by atoms with Crippen LogP contribution in [0.1, 0.15) is 73.6 Å². The minimum atomic E-state index is -1.12. The van der Waals surface area contributed by atoms with E-state index in [1.54, 1.807) is 0 Å². The van der Waals surface area contributed by atoms with Crippen molar-refractivity contribution in [3.63, 3.8) is 0 Å². The standard InChI is InChI=1S/C17H31NOS/c1-7-10-12-15-17(13-9-3,14-11-8-2)18-20(19)16(4,5)6/h9,13,18H,7-8,10-11,14H2,1-6H3/b13-9+/t17-,20-/m1/s1. The van der Waals surface area contributed by atoms with E-state index < -0.39 is 16.5 Å². The zero-order valence-electron chi connectivity index (χ0n) is 14.0. The second-order valence-corrected chi connectivity index (χ2v) is 8.08. The predicted octanol–water partition coefficient (Wildman–Crippen LogP) is 4.35. The van der Waals surface area contributed by atoms with Gasteiger partial charge in [-0.05, 0) is 40.5 Å². The van der Waals surface area contributed by atoms with Gasteiger partial charge >= 0.3 is 0 Å². The second-order valence-electron chi connectivity index (χ2n) is 6.11. The first kappa shape index (κ1) is 19.4. The topological polar surface area (TPSA) is 29.1 Å². The Morgan fingerprint density at radius 2 is 1.85 bits per heavy atom. The van der Waals surface area contributed by atoms with Crippen molar-refractivity contribution < 1.29 is 4.21 Å². The summed E-state index contributed by atoms with van der Waals surface area (Å²) >= 11 is 0. The summed E-state index contributed by atoms with van der Waals surface area (Å²) in [6, 6.07) is 0. The molecule has 0 aliphatic heterocycles. The zero-order chi connectivity index (χ0) is 15.6. The Morgan fingerprint density at radius 1 is 1.20 bits per heavy atom. The Hall–Kier alpha value is -0.590. The average Bonchev–Trinajstić information content (AvgIpc) is 2.36. The van der Waals surface area contributed by atoms with Crippen LogP contribution < -0.4 is 4.72 Å². The van der Waals surface area contributed by atoms with Gasteiger partial charge in [0, 0.05) is 6.42 Å². The maximum Gasteiger partial charge on any atom is 0.110 e. The van der Waals surface area contributed by atoms with Gasteiger partial charge in [-0.25, -0.2) is 8.93 Å². The number of rotatable bonds is 7. The third-order valence-electron chi connectivity index (χ3n) is 2.89. The third-order valence-corrected chi connectivity index (χ3v) is 4.56. The fourth-order valence-corrected chi connectivity index (χ4v) is 2.56. The molecular formula is C17H31NOS. The molecule has 0 bridgehead atoms. The monoisotopic (exact) mass is 297 g/mol. The van der Waals surface area contributed by atoms with Crippen LogP contribution in [0.3, 0.4) is 0 Å². The van der Waals surface area contributed by atoms with Crippen LogP contribution in [0.5, 0.6) is 0 Å². The Morgan fingerprint density at radius 3 is 2.30 bits per heavy atom. The van der Waals surface area contributed by atoms with Crippen molar-refractivity contribution >= 4 is 11.0 Å². The van der Waals surface area contributed by atoms with Crippen LogP contribution in [0.4, 0.5) is 0 Å². The highest BCUT2D eigenvalue weighted by molar-refractivity contribution is 7.84. The largest absolute Gasteiger partial charge is 0.242 e. The molecule has 116 valence electrons. The van der Waals surface area contributed by atoms with E-state index in [4.69, 9.17) is 0 Å². The van der Waals surface area contributed by atoms with Crippen molar-refractivity contribution in [3.05, 3.63) is 12.2 Å². The van der Waals surface area contributed by atoms with Gasteiger partial charge in [0.05, 0.1) is 15.7 Å². The highest BCUT2D eigenvalue weighted by atomic mass is 32.2. The van der Waals surface area contributed by atoms with Gasteiger partial charge in [0.2, 0.25) is 0 Å². The lowest BCUT2D eigenvalue weighted by atomic mass is 9.93. The van der Waals surface area contributed by atoms with Gasteiger partial charge < -0.3 is 0 Å². The fourth-order valence-electron chi connectivity index (χ4n) is 1.70. The molecule has 0 saturated carbocycles.